The molecule has 0 saturated heterocycles. The van der Waals surface area contributed by atoms with E-state index in [1.165, 1.54) is 13.0 Å². The summed E-state index contributed by atoms with van der Waals surface area (Å²) in [4.78, 5) is 11.0. The van der Waals surface area contributed by atoms with E-state index in [-0.39, 0.29) is 5.78 Å². The average Bonchev–Trinajstić information content (AvgIpc) is 2.01. The average molecular weight is 264 g/mol. The van der Waals surface area contributed by atoms with Crippen molar-refractivity contribution < 1.29 is 18.0 Å². The van der Waals surface area contributed by atoms with Crippen LogP contribution in [0, 0.1) is 0 Å². The van der Waals surface area contributed by atoms with E-state index in [4.69, 9.17) is 0 Å². The van der Waals surface area contributed by atoms with Crippen molar-refractivity contribution in [3.63, 3.8) is 0 Å². The van der Waals surface area contributed by atoms with Crippen molar-refractivity contribution in [2.75, 3.05) is 0 Å². The minimum atomic E-state index is -4.34. The van der Waals surface area contributed by atoms with Crippen LogP contribution in [0.25, 0.3) is 0 Å². The summed E-state index contributed by atoms with van der Waals surface area (Å²) in [6.45, 7) is 1.34. The van der Waals surface area contributed by atoms with Gasteiger partial charge in [-0.3, -0.25) is 0 Å². The van der Waals surface area contributed by atoms with Crippen LogP contribution in [0.1, 0.15) is 22.8 Å². The maximum absolute atomic E-state index is 12.2. The Morgan fingerprint density at radius 2 is 1.93 bits per heavy atom. The van der Waals surface area contributed by atoms with Crippen LogP contribution >= 0.6 is 0 Å². The zero-order valence-electron chi connectivity index (χ0n) is 7.35. The third-order valence-electron chi connectivity index (χ3n) is 1.76. The SMILES string of the molecule is CC(=O)c1ccc(C(F)(F)F)cc1[AsH2]. The molecule has 0 saturated carbocycles. The van der Waals surface area contributed by atoms with E-state index >= 15 is 0 Å². The van der Waals surface area contributed by atoms with Crippen molar-refractivity contribution in [2.24, 2.45) is 0 Å². The molecular weight excluding hydrogens is 256 g/mol. The monoisotopic (exact) mass is 264 g/mol. The summed E-state index contributed by atoms with van der Waals surface area (Å²) in [6, 6.07) is 3.17. The molecule has 1 atom stereocenters. The van der Waals surface area contributed by atoms with Gasteiger partial charge < -0.3 is 0 Å². The van der Waals surface area contributed by atoms with Crippen molar-refractivity contribution >= 4 is 27.0 Å². The maximum atomic E-state index is 12.2. The fourth-order valence-corrected chi connectivity index (χ4v) is 2.06. The minimum absolute atomic E-state index is 0.210. The Balaban J connectivity index is 3.20. The van der Waals surface area contributed by atoms with Crippen LogP contribution in [-0.2, 0) is 6.18 Å². The number of benzene rings is 1. The van der Waals surface area contributed by atoms with Gasteiger partial charge in [0.15, 0.2) is 0 Å². The second-order valence-electron chi connectivity index (χ2n) is 2.86. The number of ketones is 1. The normalized spacial score (nSPS) is 11.5. The zero-order valence-corrected chi connectivity index (χ0v) is 9.77. The molecule has 14 heavy (non-hydrogen) atoms. The van der Waals surface area contributed by atoms with Crippen LogP contribution in [0.4, 0.5) is 13.2 Å². The van der Waals surface area contributed by atoms with Crippen molar-refractivity contribution in [2.45, 2.75) is 13.1 Å². The molecule has 0 aromatic heterocycles. The van der Waals surface area contributed by atoms with Crippen LogP contribution in [0.15, 0.2) is 18.2 Å². The molecule has 0 aliphatic carbocycles. The number of hydrogen-bond donors (Lipinski definition) is 0. The van der Waals surface area contributed by atoms with Gasteiger partial charge in [-0.05, 0) is 0 Å². The molecule has 0 amide bonds. The van der Waals surface area contributed by atoms with Gasteiger partial charge in [0.05, 0.1) is 0 Å². The molecule has 1 rings (SSSR count). The standard InChI is InChI=1S/C9H8AsF3O/c1-5(14)7-3-2-6(4-8(7)10)9(11,12)13/h2-4H,10H2,1H3. The second kappa shape index (κ2) is 3.77. The molecule has 0 spiro atoms. The Bertz CT molecular complexity index is 371. The number of rotatable bonds is 1. The predicted octanol–water partition coefficient (Wildman–Crippen LogP) is 1.17. The number of alkyl halides is 3. The van der Waals surface area contributed by atoms with Gasteiger partial charge in [-0.15, -0.1) is 0 Å². The fraction of sp³-hybridized carbons (Fsp3) is 0.222. The van der Waals surface area contributed by atoms with E-state index < -0.39 is 11.7 Å². The summed E-state index contributed by atoms with van der Waals surface area (Å²) < 4.78 is 37.1. The van der Waals surface area contributed by atoms with E-state index in [1.54, 1.807) is 0 Å². The topological polar surface area (TPSA) is 17.1 Å². The molecule has 0 bridgehead atoms. The molecule has 1 aromatic carbocycles. The third kappa shape index (κ3) is 2.38. The molecule has 0 heterocycles. The summed E-state index contributed by atoms with van der Waals surface area (Å²) in [5, 5.41) is 0. The molecule has 0 aliphatic heterocycles. The Labute approximate surface area is 87.8 Å². The molecule has 0 aliphatic rings. The first kappa shape index (κ1) is 11.3. The number of carbonyl (C=O) groups is 1. The Kier molecular flexibility index (Phi) is 3.05. The van der Waals surface area contributed by atoms with Gasteiger partial charge in [-0.1, -0.05) is 0 Å². The van der Waals surface area contributed by atoms with Gasteiger partial charge >= 0.3 is 87.4 Å². The zero-order chi connectivity index (χ0) is 10.9. The number of halogens is 3. The molecule has 1 nitrogen and oxygen atoms in total. The molecule has 76 valence electrons. The first-order chi connectivity index (χ1) is 6.32. The fourth-order valence-electron chi connectivity index (χ4n) is 1.06. The van der Waals surface area contributed by atoms with Crippen molar-refractivity contribution in [3.8, 4) is 0 Å². The van der Waals surface area contributed by atoms with Gasteiger partial charge in [-0.2, -0.15) is 0 Å². The van der Waals surface area contributed by atoms with Crippen molar-refractivity contribution in [1.29, 1.82) is 0 Å². The van der Waals surface area contributed by atoms with E-state index in [2.05, 4.69) is 0 Å². The summed E-state index contributed by atoms with van der Waals surface area (Å²) in [7, 11) is 0. The Hall–Kier alpha value is -0.762. The van der Waals surface area contributed by atoms with Crippen LogP contribution in [-0.4, -0.2) is 22.6 Å². The molecule has 0 fully saturated rings. The van der Waals surface area contributed by atoms with E-state index in [1.807, 2.05) is 0 Å². The summed E-state index contributed by atoms with van der Waals surface area (Å²) >= 11 is 1.02. The first-order valence-corrected chi connectivity index (χ1v) is 5.01. The van der Waals surface area contributed by atoms with Gasteiger partial charge in [0, 0.05) is 0 Å². The van der Waals surface area contributed by atoms with Gasteiger partial charge in [0.1, 0.15) is 0 Å². The molecule has 1 aromatic rings. The summed E-state index contributed by atoms with van der Waals surface area (Å²) in [5.74, 6) is -0.210. The summed E-state index contributed by atoms with van der Waals surface area (Å²) in [5.41, 5.74) is -0.347. The second-order valence-corrected chi connectivity index (χ2v) is 4.16. The van der Waals surface area contributed by atoms with Gasteiger partial charge in [0.2, 0.25) is 0 Å². The van der Waals surface area contributed by atoms with Crippen LogP contribution < -0.4 is 4.35 Å². The van der Waals surface area contributed by atoms with E-state index in [9.17, 15) is 18.0 Å². The van der Waals surface area contributed by atoms with Crippen molar-refractivity contribution in [3.05, 3.63) is 29.3 Å². The molecule has 5 heteroatoms. The third-order valence-corrected chi connectivity index (χ3v) is 2.76. The van der Waals surface area contributed by atoms with E-state index in [0.29, 0.717) is 9.91 Å². The number of hydrogen-bond acceptors (Lipinski definition) is 1. The van der Waals surface area contributed by atoms with Crippen LogP contribution in [0.3, 0.4) is 0 Å². The predicted molar refractivity (Wildman–Crippen MR) is 49.6 cm³/mol. The Morgan fingerprint density at radius 3 is 2.29 bits per heavy atom. The summed E-state index contributed by atoms with van der Waals surface area (Å²) in [6.07, 6.45) is -4.34. The van der Waals surface area contributed by atoms with E-state index in [0.717, 1.165) is 29.0 Å². The number of Topliss-reactive ketones (excluding diaryl/α,β-unsaturated/α-hetero) is 1. The number of carbonyl (C=O) groups excluding carboxylic acids is 1. The molecule has 0 radical (unpaired) electrons. The molecular formula is C9H8AsF3O. The van der Waals surface area contributed by atoms with Crippen LogP contribution in [0.2, 0.25) is 0 Å². The quantitative estimate of drug-likeness (QED) is 0.549. The molecule has 1 unspecified atom stereocenters. The van der Waals surface area contributed by atoms with Crippen molar-refractivity contribution in [1.82, 2.24) is 0 Å². The Morgan fingerprint density at radius 1 is 1.36 bits per heavy atom. The van der Waals surface area contributed by atoms with Gasteiger partial charge in [0.25, 0.3) is 0 Å². The van der Waals surface area contributed by atoms with Crippen LogP contribution in [0.5, 0.6) is 0 Å². The molecule has 0 N–H and O–H groups in total. The van der Waals surface area contributed by atoms with Gasteiger partial charge in [-0.25, -0.2) is 0 Å². The first-order valence-electron chi connectivity index (χ1n) is 3.80.